The number of nitrogen functional groups attached to an aromatic ring is 1. The molecule has 130 valence electrons. The van der Waals surface area contributed by atoms with Gasteiger partial charge in [-0.2, -0.15) is 0 Å². The van der Waals surface area contributed by atoms with E-state index in [0.29, 0.717) is 37.0 Å². The quantitative estimate of drug-likeness (QED) is 0.645. The van der Waals surface area contributed by atoms with Gasteiger partial charge in [0.2, 0.25) is 5.91 Å². The minimum absolute atomic E-state index is 0.0986. The Morgan fingerprint density at radius 3 is 2.48 bits per heavy atom. The predicted molar refractivity (Wildman–Crippen MR) is 96.6 cm³/mol. The van der Waals surface area contributed by atoms with Gasteiger partial charge in [0.25, 0.3) is 0 Å². The molecular weight excluding hydrogens is 288 g/mol. The number of hydrogen-bond donors (Lipinski definition) is 2. The van der Waals surface area contributed by atoms with Crippen LogP contribution in [0.4, 0.5) is 5.69 Å². The van der Waals surface area contributed by atoms with E-state index in [9.17, 15) is 4.79 Å². The molecule has 0 fully saturated rings. The van der Waals surface area contributed by atoms with Crippen molar-refractivity contribution in [3.05, 3.63) is 23.8 Å². The topological polar surface area (TPSA) is 64.3 Å². The summed E-state index contributed by atoms with van der Waals surface area (Å²) < 4.78 is 5.70. The molecule has 0 radical (unpaired) electrons. The standard InChI is InChI=1S/C19H32N2O2/c1-14(2)9-11-21-19(22)8-6-16-5-7-18(17(20)13-16)23-12-10-15(3)4/h5,7,13-15H,6,8-12,20H2,1-4H3,(H,21,22). The molecule has 3 N–H and O–H groups in total. The van der Waals surface area contributed by atoms with Gasteiger partial charge in [-0.1, -0.05) is 33.8 Å². The Hall–Kier alpha value is -1.71. The minimum atomic E-state index is 0.0986. The molecule has 0 spiro atoms. The van der Waals surface area contributed by atoms with E-state index in [1.165, 1.54) is 0 Å². The number of ether oxygens (including phenoxy) is 1. The average molecular weight is 320 g/mol. The summed E-state index contributed by atoms with van der Waals surface area (Å²) in [6.45, 7) is 10.1. The fourth-order valence-corrected chi connectivity index (χ4v) is 2.14. The second-order valence-electron chi connectivity index (χ2n) is 6.94. The maximum Gasteiger partial charge on any atom is 0.220 e. The third-order valence-corrected chi connectivity index (χ3v) is 3.71. The van der Waals surface area contributed by atoms with E-state index in [-0.39, 0.29) is 5.91 Å². The first-order valence-corrected chi connectivity index (χ1v) is 8.66. The highest BCUT2D eigenvalue weighted by Gasteiger charge is 2.06. The predicted octanol–water partition coefficient (Wildman–Crippen LogP) is 3.79. The number of hydrogen-bond acceptors (Lipinski definition) is 3. The molecule has 1 aromatic rings. The highest BCUT2D eigenvalue weighted by Crippen LogP contribution is 2.23. The molecule has 23 heavy (non-hydrogen) atoms. The van der Waals surface area contributed by atoms with Gasteiger partial charge in [0.1, 0.15) is 5.75 Å². The number of amides is 1. The number of nitrogens with one attached hydrogen (secondary N) is 1. The monoisotopic (exact) mass is 320 g/mol. The summed E-state index contributed by atoms with van der Waals surface area (Å²) in [7, 11) is 0. The third kappa shape index (κ3) is 8.48. The maximum atomic E-state index is 11.8. The summed E-state index contributed by atoms with van der Waals surface area (Å²) in [6.07, 6.45) is 3.22. The van der Waals surface area contributed by atoms with E-state index in [2.05, 4.69) is 33.0 Å². The molecule has 0 saturated heterocycles. The van der Waals surface area contributed by atoms with Crippen LogP contribution in [0.3, 0.4) is 0 Å². The lowest BCUT2D eigenvalue weighted by molar-refractivity contribution is -0.121. The van der Waals surface area contributed by atoms with Gasteiger partial charge in [-0.15, -0.1) is 0 Å². The smallest absolute Gasteiger partial charge is 0.220 e. The highest BCUT2D eigenvalue weighted by molar-refractivity contribution is 5.76. The Morgan fingerprint density at radius 1 is 1.17 bits per heavy atom. The van der Waals surface area contributed by atoms with Crippen LogP contribution in [-0.2, 0) is 11.2 Å². The number of carbonyl (C=O) groups excluding carboxylic acids is 1. The lowest BCUT2D eigenvalue weighted by Crippen LogP contribution is -2.25. The zero-order valence-corrected chi connectivity index (χ0v) is 15.0. The third-order valence-electron chi connectivity index (χ3n) is 3.71. The Labute approximate surface area is 140 Å². The molecule has 0 atom stereocenters. The van der Waals surface area contributed by atoms with Crippen molar-refractivity contribution in [2.75, 3.05) is 18.9 Å². The van der Waals surface area contributed by atoms with Crippen LogP contribution in [0.15, 0.2) is 18.2 Å². The first-order valence-electron chi connectivity index (χ1n) is 8.66. The molecule has 0 aliphatic heterocycles. The molecule has 0 unspecified atom stereocenters. The van der Waals surface area contributed by atoms with Crippen LogP contribution in [0, 0.1) is 11.8 Å². The normalized spacial score (nSPS) is 11.0. The van der Waals surface area contributed by atoms with Crippen molar-refractivity contribution >= 4 is 11.6 Å². The fourth-order valence-electron chi connectivity index (χ4n) is 2.14. The zero-order valence-electron chi connectivity index (χ0n) is 15.0. The first kappa shape index (κ1) is 19.3. The SMILES string of the molecule is CC(C)CCNC(=O)CCc1ccc(OCCC(C)C)c(N)c1. The van der Waals surface area contributed by atoms with E-state index in [1.54, 1.807) is 0 Å². The largest absolute Gasteiger partial charge is 0.491 e. The number of benzene rings is 1. The van der Waals surface area contributed by atoms with Gasteiger partial charge in [-0.05, 0) is 48.8 Å². The van der Waals surface area contributed by atoms with Crippen molar-refractivity contribution < 1.29 is 9.53 Å². The van der Waals surface area contributed by atoms with Crippen molar-refractivity contribution in [1.82, 2.24) is 5.32 Å². The second-order valence-corrected chi connectivity index (χ2v) is 6.94. The van der Waals surface area contributed by atoms with Crippen LogP contribution in [0.2, 0.25) is 0 Å². The van der Waals surface area contributed by atoms with E-state index in [1.807, 2.05) is 18.2 Å². The summed E-state index contributed by atoms with van der Waals surface area (Å²) >= 11 is 0. The molecule has 4 nitrogen and oxygen atoms in total. The maximum absolute atomic E-state index is 11.8. The number of rotatable bonds is 10. The van der Waals surface area contributed by atoms with Gasteiger partial charge in [0.05, 0.1) is 12.3 Å². The van der Waals surface area contributed by atoms with Crippen LogP contribution >= 0.6 is 0 Å². The summed E-state index contributed by atoms with van der Waals surface area (Å²) in [5.74, 6) is 2.06. The minimum Gasteiger partial charge on any atom is -0.491 e. The molecule has 0 saturated carbocycles. The number of carbonyl (C=O) groups is 1. The second kappa shape index (κ2) is 10.1. The molecule has 0 bridgehead atoms. The highest BCUT2D eigenvalue weighted by atomic mass is 16.5. The van der Waals surface area contributed by atoms with Crippen molar-refractivity contribution in [3.63, 3.8) is 0 Å². The van der Waals surface area contributed by atoms with Gasteiger partial charge in [0.15, 0.2) is 0 Å². The van der Waals surface area contributed by atoms with Crippen molar-refractivity contribution in [2.24, 2.45) is 11.8 Å². The summed E-state index contributed by atoms with van der Waals surface area (Å²) in [5.41, 5.74) is 7.74. The molecule has 0 aliphatic carbocycles. The van der Waals surface area contributed by atoms with Gasteiger partial charge < -0.3 is 15.8 Å². The van der Waals surface area contributed by atoms with Crippen LogP contribution in [0.25, 0.3) is 0 Å². The Balaban J connectivity index is 2.37. The van der Waals surface area contributed by atoms with Gasteiger partial charge >= 0.3 is 0 Å². The van der Waals surface area contributed by atoms with E-state index in [4.69, 9.17) is 10.5 Å². The molecule has 1 aromatic carbocycles. The Morgan fingerprint density at radius 2 is 1.87 bits per heavy atom. The number of nitrogens with two attached hydrogens (primary N) is 1. The van der Waals surface area contributed by atoms with Gasteiger partial charge in [-0.3, -0.25) is 4.79 Å². The van der Waals surface area contributed by atoms with Crippen molar-refractivity contribution in [1.29, 1.82) is 0 Å². The Bertz CT molecular complexity index is 484. The van der Waals surface area contributed by atoms with E-state index < -0.39 is 0 Å². The van der Waals surface area contributed by atoms with Crippen LogP contribution < -0.4 is 15.8 Å². The average Bonchev–Trinajstić information content (AvgIpc) is 2.46. The Kier molecular flexibility index (Phi) is 8.52. The number of aryl methyl sites for hydroxylation is 1. The van der Waals surface area contributed by atoms with Crippen molar-refractivity contribution in [2.45, 2.75) is 53.4 Å². The van der Waals surface area contributed by atoms with Crippen LogP contribution in [0.1, 0.15) is 52.5 Å². The molecule has 1 amide bonds. The van der Waals surface area contributed by atoms with Crippen LogP contribution in [0.5, 0.6) is 5.75 Å². The molecular formula is C19H32N2O2. The van der Waals surface area contributed by atoms with Gasteiger partial charge in [-0.25, -0.2) is 0 Å². The van der Waals surface area contributed by atoms with E-state index in [0.717, 1.165) is 30.7 Å². The summed E-state index contributed by atoms with van der Waals surface area (Å²) in [4.78, 5) is 11.8. The molecule has 0 aromatic heterocycles. The lowest BCUT2D eigenvalue weighted by atomic mass is 10.1. The van der Waals surface area contributed by atoms with Crippen molar-refractivity contribution in [3.8, 4) is 5.75 Å². The summed E-state index contributed by atoms with van der Waals surface area (Å²) in [6, 6.07) is 5.80. The first-order chi connectivity index (χ1) is 10.9. The van der Waals surface area contributed by atoms with E-state index >= 15 is 0 Å². The lowest BCUT2D eigenvalue weighted by Gasteiger charge is -2.12. The summed E-state index contributed by atoms with van der Waals surface area (Å²) in [5, 5.41) is 2.95. The molecule has 4 heteroatoms. The van der Waals surface area contributed by atoms with Gasteiger partial charge in [0, 0.05) is 13.0 Å². The van der Waals surface area contributed by atoms with Crippen LogP contribution in [-0.4, -0.2) is 19.1 Å². The molecule has 1 rings (SSSR count). The zero-order chi connectivity index (χ0) is 17.2. The fraction of sp³-hybridized carbons (Fsp3) is 0.632. The molecule has 0 heterocycles. The molecule has 0 aliphatic rings. The number of anilines is 1.